The van der Waals surface area contributed by atoms with E-state index < -0.39 is 11.6 Å². The van der Waals surface area contributed by atoms with E-state index in [9.17, 15) is 9.90 Å². The Morgan fingerprint density at radius 3 is 2.59 bits per heavy atom. The molecule has 0 radical (unpaired) electrons. The average Bonchev–Trinajstić information content (AvgIpc) is 3.11. The molecule has 0 bridgehead atoms. The molecule has 152 valence electrons. The molecule has 3 aromatic rings. The minimum Gasteiger partial charge on any atom is -0.497 e. The summed E-state index contributed by atoms with van der Waals surface area (Å²) in [5.41, 5.74) is 3.62. The number of benzene rings is 2. The van der Waals surface area contributed by atoms with Gasteiger partial charge in [0.05, 0.1) is 31.6 Å². The van der Waals surface area contributed by atoms with E-state index >= 15 is 0 Å². The van der Waals surface area contributed by atoms with Crippen molar-refractivity contribution in [2.24, 2.45) is 0 Å². The van der Waals surface area contributed by atoms with Gasteiger partial charge in [0.1, 0.15) is 5.75 Å². The molecule has 6 heteroatoms. The molecule has 0 aliphatic carbocycles. The molecule has 1 N–H and O–H groups in total. The van der Waals surface area contributed by atoms with Crippen molar-refractivity contribution in [2.45, 2.75) is 39.5 Å². The lowest BCUT2D eigenvalue weighted by atomic mass is 10.1. The number of ether oxygens (including phenoxy) is 2. The molecule has 0 spiro atoms. The lowest BCUT2D eigenvalue weighted by Gasteiger charge is -2.19. The van der Waals surface area contributed by atoms with Gasteiger partial charge in [-0.2, -0.15) is 5.10 Å². The van der Waals surface area contributed by atoms with Crippen LogP contribution in [0.25, 0.3) is 11.3 Å². The monoisotopic (exact) mass is 394 g/mol. The summed E-state index contributed by atoms with van der Waals surface area (Å²) >= 11 is 0. The first-order chi connectivity index (χ1) is 13.8. The van der Waals surface area contributed by atoms with Gasteiger partial charge in [0, 0.05) is 5.56 Å². The molecule has 0 aliphatic heterocycles. The normalized spacial score (nSPS) is 11.4. The van der Waals surface area contributed by atoms with Crippen LogP contribution in [0.4, 0.5) is 0 Å². The molecule has 0 saturated heterocycles. The van der Waals surface area contributed by atoms with Crippen molar-refractivity contribution < 1.29 is 19.4 Å². The molecule has 6 nitrogen and oxygen atoms in total. The quantitative estimate of drug-likeness (QED) is 0.617. The lowest BCUT2D eigenvalue weighted by molar-refractivity contribution is -0.162. The first kappa shape index (κ1) is 20.6. The van der Waals surface area contributed by atoms with E-state index in [2.05, 4.69) is 19.1 Å². The lowest BCUT2D eigenvalue weighted by Crippen LogP contribution is -2.34. The van der Waals surface area contributed by atoms with E-state index in [0.717, 1.165) is 22.6 Å². The molecule has 0 aliphatic rings. The number of methoxy groups -OCH3 is 1. The fourth-order valence-electron chi connectivity index (χ4n) is 2.94. The predicted octanol–water partition coefficient (Wildman–Crippen LogP) is 4.30. The Morgan fingerprint density at radius 1 is 1.14 bits per heavy atom. The SMILES string of the molecule is COc1cccc(-c2cc(COC(C)(C)C(=O)O)nn2Cc2ccccc2C)c1. The number of carboxylic acid groups (broad SMARTS) is 1. The summed E-state index contributed by atoms with van der Waals surface area (Å²) in [4.78, 5) is 11.3. The Balaban J connectivity index is 1.96. The van der Waals surface area contributed by atoms with Crippen LogP contribution in [0.2, 0.25) is 0 Å². The summed E-state index contributed by atoms with van der Waals surface area (Å²) in [6.07, 6.45) is 0. The van der Waals surface area contributed by atoms with Crippen LogP contribution in [-0.4, -0.2) is 33.6 Å². The standard InChI is InChI=1S/C23H26N2O4/c1-16-8-5-6-9-18(16)14-25-21(17-10-7-11-20(12-17)28-4)13-19(24-25)15-29-23(2,3)22(26)27/h5-13H,14-15H2,1-4H3,(H,26,27). The van der Waals surface area contributed by atoms with E-state index in [1.165, 1.54) is 19.4 Å². The average molecular weight is 394 g/mol. The number of carboxylic acids is 1. The summed E-state index contributed by atoms with van der Waals surface area (Å²) in [5.74, 6) is -0.249. The molecule has 0 unspecified atom stereocenters. The highest BCUT2D eigenvalue weighted by Gasteiger charge is 2.28. The highest BCUT2D eigenvalue weighted by Crippen LogP contribution is 2.26. The van der Waals surface area contributed by atoms with Crippen molar-refractivity contribution in [1.82, 2.24) is 9.78 Å². The first-order valence-corrected chi connectivity index (χ1v) is 9.43. The van der Waals surface area contributed by atoms with E-state index in [-0.39, 0.29) is 6.61 Å². The fourth-order valence-corrected chi connectivity index (χ4v) is 2.94. The number of hydrogen-bond donors (Lipinski definition) is 1. The zero-order chi connectivity index (χ0) is 21.0. The topological polar surface area (TPSA) is 73.6 Å². The van der Waals surface area contributed by atoms with Gasteiger partial charge in [0.25, 0.3) is 0 Å². The van der Waals surface area contributed by atoms with Crippen LogP contribution in [0.15, 0.2) is 54.6 Å². The number of aliphatic carboxylic acids is 1. The van der Waals surface area contributed by atoms with Crippen molar-refractivity contribution in [3.63, 3.8) is 0 Å². The highest BCUT2D eigenvalue weighted by molar-refractivity contribution is 5.76. The second kappa shape index (κ2) is 8.49. The molecular formula is C23H26N2O4. The Bertz CT molecular complexity index is 1010. The van der Waals surface area contributed by atoms with Crippen molar-refractivity contribution >= 4 is 5.97 Å². The van der Waals surface area contributed by atoms with Gasteiger partial charge in [0.15, 0.2) is 5.60 Å². The van der Waals surface area contributed by atoms with Crippen LogP contribution in [0.5, 0.6) is 5.75 Å². The van der Waals surface area contributed by atoms with Crippen molar-refractivity contribution in [3.05, 3.63) is 71.4 Å². The molecule has 3 rings (SSSR count). The number of rotatable bonds is 8. The summed E-state index contributed by atoms with van der Waals surface area (Å²) in [6.45, 7) is 5.84. The summed E-state index contributed by atoms with van der Waals surface area (Å²) in [5, 5.41) is 14.0. The maximum atomic E-state index is 11.3. The van der Waals surface area contributed by atoms with Crippen molar-refractivity contribution in [2.75, 3.05) is 7.11 Å². The maximum absolute atomic E-state index is 11.3. The summed E-state index contributed by atoms with van der Waals surface area (Å²) in [6, 6.07) is 17.9. The van der Waals surface area contributed by atoms with Crippen LogP contribution in [-0.2, 0) is 22.7 Å². The smallest absolute Gasteiger partial charge is 0.335 e. The fraction of sp³-hybridized carbons (Fsp3) is 0.304. The largest absolute Gasteiger partial charge is 0.497 e. The highest BCUT2D eigenvalue weighted by atomic mass is 16.5. The Labute approximate surface area is 170 Å². The van der Waals surface area contributed by atoms with E-state index in [0.29, 0.717) is 12.2 Å². The molecule has 2 aromatic carbocycles. The molecule has 0 saturated carbocycles. The number of aryl methyl sites for hydroxylation is 1. The van der Waals surface area contributed by atoms with Gasteiger partial charge >= 0.3 is 5.97 Å². The predicted molar refractivity (Wildman–Crippen MR) is 111 cm³/mol. The number of nitrogens with zero attached hydrogens (tertiary/aromatic N) is 2. The molecule has 29 heavy (non-hydrogen) atoms. The Morgan fingerprint density at radius 2 is 1.90 bits per heavy atom. The van der Waals surface area contributed by atoms with Crippen LogP contribution in [0, 0.1) is 6.92 Å². The third-order valence-corrected chi connectivity index (χ3v) is 4.87. The maximum Gasteiger partial charge on any atom is 0.335 e. The van der Waals surface area contributed by atoms with Gasteiger partial charge in [-0.25, -0.2) is 4.79 Å². The number of aromatic nitrogens is 2. The summed E-state index contributed by atoms with van der Waals surface area (Å²) < 4.78 is 12.9. The second-order valence-corrected chi connectivity index (χ2v) is 7.44. The van der Waals surface area contributed by atoms with Crippen LogP contribution >= 0.6 is 0 Å². The van der Waals surface area contributed by atoms with E-state index in [1.54, 1.807) is 7.11 Å². The third kappa shape index (κ3) is 4.84. The molecule has 0 atom stereocenters. The van der Waals surface area contributed by atoms with Gasteiger partial charge in [-0.1, -0.05) is 36.4 Å². The minimum absolute atomic E-state index is 0.108. The molecule has 1 heterocycles. The van der Waals surface area contributed by atoms with Crippen LogP contribution in [0.1, 0.15) is 30.7 Å². The zero-order valence-electron chi connectivity index (χ0n) is 17.2. The minimum atomic E-state index is -1.28. The van der Waals surface area contributed by atoms with Crippen LogP contribution in [0.3, 0.4) is 0 Å². The van der Waals surface area contributed by atoms with Gasteiger partial charge < -0.3 is 14.6 Å². The van der Waals surface area contributed by atoms with E-state index in [1.807, 2.05) is 47.1 Å². The van der Waals surface area contributed by atoms with Gasteiger partial charge in [-0.05, 0) is 50.1 Å². The Hall–Kier alpha value is -3.12. The van der Waals surface area contributed by atoms with Gasteiger partial charge in [-0.3, -0.25) is 4.68 Å². The Kier molecular flexibility index (Phi) is 6.03. The van der Waals surface area contributed by atoms with Gasteiger partial charge in [-0.15, -0.1) is 0 Å². The van der Waals surface area contributed by atoms with Crippen molar-refractivity contribution in [1.29, 1.82) is 0 Å². The summed E-state index contributed by atoms with van der Waals surface area (Å²) in [7, 11) is 1.64. The first-order valence-electron chi connectivity index (χ1n) is 9.43. The molecular weight excluding hydrogens is 368 g/mol. The number of hydrogen-bond acceptors (Lipinski definition) is 4. The third-order valence-electron chi connectivity index (χ3n) is 4.87. The molecule has 0 fully saturated rings. The molecule has 0 amide bonds. The van der Waals surface area contributed by atoms with Crippen LogP contribution < -0.4 is 4.74 Å². The van der Waals surface area contributed by atoms with Gasteiger partial charge in [0.2, 0.25) is 0 Å². The van der Waals surface area contributed by atoms with E-state index in [4.69, 9.17) is 14.6 Å². The second-order valence-electron chi connectivity index (χ2n) is 7.44. The van der Waals surface area contributed by atoms with Crippen molar-refractivity contribution in [3.8, 4) is 17.0 Å². The molecule has 1 aromatic heterocycles. The number of carbonyl (C=O) groups is 1. The zero-order valence-corrected chi connectivity index (χ0v) is 17.2.